The van der Waals surface area contributed by atoms with Gasteiger partial charge in [-0.3, -0.25) is 5.10 Å². The smallest absolute Gasteiger partial charge is 0.164 e. The molecule has 3 N–H and O–H groups in total. The molecular formula is C9H16N4S2. The van der Waals surface area contributed by atoms with Crippen molar-refractivity contribution >= 4 is 23.5 Å². The van der Waals surface area contributed by atoms with Gasteiger partial charge in [0.25, 0.3) is 0 Å². The fourth-order valence-corrected chi connectivity index (χ4v) is 4.07. The Bertz CT molecular complexity index is 296. The Morgan fingerprint density at radius 2 is 2.40 bits per heavy atom. The average Bonchev–Trinajstić information content (AvgIpc) is 2.76. The SMILES string of the molecule is NCCCc1nc(C2CSCCS2)n[nH]1. The van der Waals surface area contributed by atoms with Crippen LogP contribution in [0.2, 0.25) is 0 Å². The summed E-state index contributed by atoms with van der Waals surface area (Å²) in [5.41, 5.74) is 5.46. The van der Waals surface area contributed by atoms with E-state index in [1.54, 1.807) is 0 Å². The first-order valence-corrected chi connectivity index (χ1v) is 7.41. The zero-order valence-corrected chi connectivity index (χ0v) is 10.2. The van der Waals surface area contributed by atoms with E-state index in [1.807, 2.05) is 23.5 Å². The van der Waals surface area contributed by atoms with Crippen molar-refractivity contribution < 1.29 is 0 Å². The number of nitrogens with zero attached hydrogens (tertiary/aromatic N) is 2. The van der Waals surface area contributed by atoms with E-state index >= 15 is 0 Å². The molecule has 1 aromatic heterocycles. The molecule has 0 aliphatic carbocycles. The molecule has 1 aromatic rings. The van der Waals surface area contributed by atoms with Gasteiger partial charge in [-0.2, -0.15) is 16.9 Å². The predicted molar refractivity (Wildman–Crippen MR) is 66.3 cm³/mol. The molecule has 1 atom stereocenters. The van der Waals surface area contributed by atoms with Gasteiger partial charge in [-0.05, 0) is 13.0 Å². The van der Waals surface area contributed by atoms with Crippen molar-refractivity contribution in [3.05, 3.63) is 11.6 Å². The minimum atomic E-state index is 0.478. The fourth-order valence-electron chi connectivity index (χ4n) is 1.47. The largest absolute Gasteiger partial charge is 0.330 e. The highest BCUT2D eigenvalue weighted by molar-refractivity contribution is 8.06. The summed E-state index contributed by atoms with van der Waals surface area (Å²) in [6.07, 6.45) is 1.88. The molecule has 0 bridgehead atoms. The standard InChI is InChI=1S/C9H16N4S2/c10-3-1-2-8-11-9(13-12-8)7-6-14-4-5-15-7/h7H,1-6,10H2,(H,11,12,13). The van der Waals surface area contributed by atoms with E-state index in [2.05, 4.69) is 15.2 Å². The first kappa shape index (κ1) is 11.3. The van der Waals surface area contributed by atoms with Crippen LogP contribution in [0.4, 0.5) is 0 Å². The fraction of sp³-hybridized carbons (Fsp3) is 0.778. The molecule has 84 valence electrons. The lowest BCUT2D eigenvalue weighted by Crippen LogP contribution is -2.08. The topological polar surface area (TPSA) is 67.6 Å². The number of aromatic amines is 1. The quantitative estimate of drug-likeness (QED) is 0.833. The van der Waals surface area contributed by atoms with Gasteiger partial charge in [0.1, 0.15) is 5.82 Å². The number of rotatable bonds is 4. The second-order valence-electron chi connectivity index (χ2n) is 3.47. The Hall–Kier alpha value is -0.200. The highest BCUT2D eigenvalue weighted by Crippen LogP contribution is 2.34. The van der Waals surface area contributed by atoms with E-state index in [4.69, 9.17) is 5.73 Å². The molecule has 0 radical (unpaired) electrons. The van der Waals surface area contributed by atoms with Crippen LogP contribution in [0.3, 0.4) is 0 Å². The highest BCUT2D eigenvalue weighted by atomic mass is 32.2. The molecule has 1 unspecified atom stereocenters. The third kappa shape index (κ3) is 3.12. The van der Waals surface area contributed by atoms with Crippen molar-refractivity contribution in [3.8, 4) is 0 Å². The molecule has 2 heterocycles. The monoisotopic (exact) mass is 244 g/mol. The molecule has 6 heteroatoms. The molecule has 1 fully saturated rings. The lowest BCUT2D eigenvalue weighted by atomic mass is 10.3. The second kappa shape index (κ2) is 5.77. The van der Waals surface area contributed by atoms with Crippen LogP contribution < -0.4 is 5.73 Å². The molecule has 4 nitrogen and oxygen atoms in total. The Labute approximate surface area is 98.2 Å². The number of nitrogens with two attached hydrogens (primary N) is 1. The van der Waals surface area contributed by atoms with Crippen LogP contribution in [0.5, 0.6) is 0 Å². The third-order valence-corrected chi connectivity index (χ3v) is 5.02. The van der Waals surface area contributed by atoms with Crippen molar-refractivity contribution in [2.75, 3.05) is 23.8 Å². The van der Waals surface area contributed by atoms with E-state index in [0.29, 0.717) is 11.8 Å². The van der Waals surface area contributed by atoms with E-state index in [-0.39, 0.29) is 0 Å². The first-order chi connectivity index (χ1) is 7.40. The number of hydrogen-bond acceptors (Lipinski definition) is 5. The molecule has 0 saturated carbocycles. The molecule has 0 amide bonds. The number of hydrogen-bond donors (Lipinski definition) is 2. The summed E-state index contributed by atoms with van der Waals surface area (Å²) in [4.78, 5) is 4.52. The number of aromatic nitrogens is 3. The van der Waals surface area contributed by atoms with Crippen LogP contribution >= 0.6 is 23.5 Å². The number of aryl methyl sites for hydroxylation is 1. The van der Waals surface area contributed by atoms with Crippen LogP contribution in [-0.4, -0.2) is 39.0 Å². The lowest BCUT2D eigenvalue weighted by molar-refractivity contribution is 0.785. The van der Waals surface area contributed by atoms with Crippen LogP contribution in [0.1, 0.15) is 23.3 Å². The van der Waals surface area contributed by atoms with Gasteiger partial charge < -0.3 is 5.73 Å². The van der Waals surface area contributed by atoms with Crippen LogP contribution in [-0.2, 0) is 6.42 Å². The predicted octanol–water partition coefficient (Wildman–Crippen LogP) is 1.22. The summed E-state index contributed by atoms with van der Waals surface area (Å²) in [6, 6.07) is 0. The summed E-state index contributed by atoms with van der Waals surface area (Å²) in [6.45, 7) is 0.712. The van der Waals surface area contributed by atoms with E-state index in [9.17, 15) is 0 Å². The first-order valence-electron chi connectivity index (χ1n) is 5.20. The molecule has 1 saturated heterocycles. The molecule has 0 spiro atoms. The van der Waals surface area contributed by atoms with Crippen molar-refractivity contribution in [2.24, 2.45) is 5.73 Å². The van der Waals surface area contributed by atoms with E-state index in [1.165, 1.54) is 11.5 Å². The van der Waals surface area contributed by atoms with E-state index in [0.717, 1.165) is 30.2 Å². The Balaban J connectivity index is 1.93. The molecular weight excluding hydrogens is 228 g/mol. The van der Waals surface area contributed by atoms with Crippen molar-refractivity contribution in [2.45, 2.75) is 18.1 Å². The maximum Gasteiger partial charge on any atom is 0.164 e. The summed E-state index contributed by atoms with van der Waals surface area (Å²) in [7, 11) is 0. The normalized spacial score (nSPS) is 21.8. The minimum absolute atomic E-state index is 0.478. The number of nitrogens with one attached hydrogen (secondary N) is 1. The zero-order valence-electron chi connectivity index (χ0n) is 8.61. The zero-order chi connectivity index (χ0) is 10.5. The summed E-state index contributed by atoms with van der Waals surface area (Å²) < 4.78 is 0. The highest BCUT2D eigenvalue weighted by Gasteiger charge is 2.20. The minimum Gasteiger partial charge on any atom is -0.330 e. The van der Waals surface area contributed by atoms with Gasteiger partial charge in [0.05, 0.1) is 5.25 Å². The maximum absolute atomic E-state index is 5.46. The van der Waals surface area contributed by atoms with Gasteiger partial charge in [-0.1, -0.05) is 0 Å². The van der Waals surface area contributed by atoms with Crippen molar-refractivity contribution in [3.63, 3.8) is 0 Å². The van der Waals surface area contributed by atoms with Gasteiger partial charge >= 0.3 is 0 Å². The second-order valence-corrected chi connectivity index (χ2v) is 5.93. The van der Waals surface area contributed by atoms with Gasteiger partial charge in [0.15, 0.2) is 5.82 Å². The Morgan fingerprint density at radius 1 is 1.47 bits per heavy atom. The lowest BCUT2D eigenvalue weighted by Gasteiger charge is -2.17. The Morgan fingerprint density at radius 3 is 3.13 bits per heavy atom. The summed E-state index contributed by atoms with van der Waals surface area (Å²) >= 11 is 3.95. The molecule has 2 rings (SSSR count). The van der Waals surface area contributed by atoms with Gasteiger partial charge in [0.2, 0.25) is 0 Å². The van der Waals surface area contributed by atoms with Crippen LogP contribution in [0.15, 0.2) is 0 Å². The number of thioether (sulfide) groups is 2. The van der Waals surface area contributed by atoms with Crippen molar-refractivity contribution in [1.82, 2.24) is 15.2 Å². The number of H-pyrrole nitrogens is 1. The molecule has 1 aliphatic heterocycles. The van der Waals surface area contributed by atoms with Crippen LogP contribution in [0.25, 0.3) is 0 Å². The van der Waals surface area contributed by atoms with Gasteiger partial charge in [-0.15, -0.1) is 11.8 Å². The van der Waals surface area contributed by atoms with E-state index < -0.39 is 0 Å². The molecule has 15 heavy (non-hydrogen) atoms. The summed E-state index contributed by atoms with van der Waals surface area (Å²) in [5, 5.41) is 7.76. The van der Waals surface area contributed by atoms with Crippen LogP contribution in [0, 0.1) is 0 Å². The Kier molecular flexibility index (Phi) is 4.34. The molecule has 0 aromatic carbocycles. The van der Waals surface area contributed by atoms with Gasteiger partial charge in [-0.25, -0.2) is 4.98 Å². The maximum atomic E-state index is 5.46. The summed E-state index contributed by atoms with van der Waals surface area (Å²) in [5.74, 6) is 5.55. The third-order valence-electron chi connectivity index (χ3n) is 2.27. The van der Waals surface area contributed by atoms with Gasteiger partial charge in [0, 0.05) is 23.7 Å². The molecule has 1 aliphatic rings. The van der Waals surface area contributed by atoms with Crippen molar-refractivity contribution in [1.29, 1.82) is 0 Å². The average molecular weight is 244 g/mol.